The summed E-state index contributed by atoms with van der Waals surface area (Å²) in [5.74, 6) is -0.752. The fourth-order valence-electron chi connectivity index (χ4n) is 2.52. The molecular weight excluding hydrogens is 305 g/mol. The van der Waals surface area contributed by atoms with E-state index >= 15 is 0 Å². The topological polar surface area (TPSA) is 55.1 Å². The summed E-state index contributed by atoms with van der Waals surface area (Å²) in [4.78, 5) is 14.7. The van der Waals surface area contributed by atoms with Crippen LogP contribution in [-0.2, 0) is 6.18 Å². The molecule has 0 aliphatic carbocycles. The first kappa shape index (κ1) is 14.2. The van der Waals surface area contributed by atoms with Crippen molar-refractivity contribution < 1.29 is 23.1 Å². The average Bonchev–Trinajstić information content (AvgIpc) is 3.03. The van der Waals surface area contributed by atoms with Gasteiger partial charge in [-0.2, -0.15) is 24.9 Å². The number of hydrogen-bond donors (Lipinski definition) is 1. The van der Waals surface area contributed by atoms with Crippen molar-refractivity contribution in [2.75, 3.05) is 11.5 Å². The summed E-state index contributed by atoms with van der Waals surface area (Å²) in [6.45, 7) is 0. The van der Waals surface area contributed by atoms with Gasteiger partial charge < -0.3 is 9.67 Å². The molecule has 1 saturated heterocycles. The molecule has 0 bridgehead atoms. The maximum absolute atomic E-state index is 13.2. The number of hydrogen-bond acceptors (Lipinski definition) is 3. The number of carbonyl (C=O) groups is 1. The van der Waals surface area contributed by atoms with E-state index in [0.29, 0.717) is 12.2 Å². The highest BCUT2D eigenvalue weighted by molar-refractivity contribution is 7.99. The van der Waals surface area contributed by atoms with Crippen molar-refractivity contribution in [1.29, 1.82) is 0 Å². The van der Waals surface area contributed by atoms with E-state index in [1.165, 1.54) is 18.2 Å². The molecule has 8 heteroatoms. The lowest BCUT2D eigenvalue weighted by Crippen LogP contribution is -2.19. The average molecular weight is 316 g/mol. The Bertz CT molecular complexity index is 705. The molecule has 0 amide bonds. The van der Waals surface area contributed by atoms with Crippen molar-refractivity contribution in [3.8, 4) is 0 Å². The standard InChI is InChI=1S/C13H11F3N2O2S/c14-13(15,16)12-17-9-2-1-7(11(19)20)5-10(9)18(12)8-3-4-21-6-8/h1-2,5,8H,3-4,6H2,(H,19,20). The van der Waals surface area contributed by atoms with Crippen LogP contribution < -0.4 is 0 Å². The Morgan fingerprint density at radius 1 is 1.43 bits per heavy atom. The second kappa shape index (κ2) is 4.94. The van der Waals surface area contributed by atoms with Crippen LogP contribution in [0.15, 0.2) is 18.2 Å². The van der Waals surface area contributed by atoms with Gasteiger partial charge in [-0.3, -0.25) is 0 Å². The molecule has 1 aliphatic heterocycles. The minimum atomic E-state index is -4.56. The van der Waals surface area contributed by atoms with Gasteiger partial charge in [0.1, 0.15) is 0 Å². The fraction of sp³-hybridized carbons (Fsp3) is 0.385. The van der Waals surface area contributed by atoms with Gasteiger partial charge in [0.05, 0.1) is 16.6 Å². The summed E-state index contributed by atoms with van der Waals surface area (Å²) in [6, 6.07) is 3.56. The third kappa shape index (κ3) is 2.48. The molecule has 1 aliphatic rings. The molecule has 0 spiro atoms. The number of carboxylic acids is 1. The van der Waals surface area contributed by atoms with Crippen LogP contribution >= 0.6 is 11.8 Å². The first-order valence-electron chi connectivity index (χ1n) is 6.28. The van der Waals surface area contributed by atoms with Gasteiger partial charge in [-0.1, -0.05) is 0 Å². The number of halogens is 3. The SMILES string of the molecule is O=C(O)c1ccc2nc(C(F)(F)F)n(C3CCSC3)c2c1. The molecule has 1 aromatic carbocycles. The van der Waals surface area contributed by atoms with E-state index in [-0.39, 0.29) is 22.6 Å². The highest BCUT2D eigenvalue weighted by Crippen LogP contribution is 2.38. The second-order valence-electron chi connectivity index (χ2n) is 4.83. The van der Waals surface area contributed by atoms with E-state index in [9.17, 15) is 18.0 Å². The maximum Gasteiger partial charge on any atom is 0.449 e. The van der Waals surface area contributed by atoms with Crippen LogP contribution in [0, 0.1) is 0 Å². The molecule has 3 rings (SSSR count). The second-order valence-corrected chi connectivity index (χ2v) is 5.98. The Balaban J connectivity index is 2.26. The van der Waals surface area contributed by atoms with Crippen LogP contribution in [0.1, 0.15) is 28.6 Å². The van der Waals surface area contributed by atoms with Gasteiger partial charge in [0.2, 0.25) is 5.82 Å². The molecule has 21 heavy (non-hydrogen) atoms. The van der Waals surface area contributed by atoms with Crippen molar-refractivity contribution in [3.05, 3.63) is 29.6 Å². The first-order valence-corrected chi connectivity index (χ1v) is 7.43. The van der Waals surface area contributed by atoms with Crippen molar-refractivity contribution in [1.82, 2.24) is 9.55 Å². The Labute approximate surface area is 122 Å². The van der Waals surface area contributed by atoms with Crippen LogP contribution in [0.4, 0.5) is 13.2 Å². The molecule has 0 radical (unpaired) electrons. The monoisotopic (exact) mass is 316 g/mol. The third-order valence-corrected chi connectivity index (χ3v) is 4.61. The lowest BCUT2D eigenvalue weighted by atomic mass is 10.2. The summed E-state index contributed by atoms with van der Waals surface area (Å²) in [6.07, 6.45) is -3.94. The molecule has 0 saturated carbocycles. The number of aromatic carboxylic acids is 1. The van der Waals surface area contributed by atoms with Crippen molar-refractivity contribution in [3.63, 3.8) is 0 Å². The zero-order valence-electron chi connectivity index (χ0n) is 10.7. The number of alkyl halides is 3. The molecule has 1 N–H and O–H groups in total. The smallest absolute Gasteiger partial charge is 0.449 e. The summed E-state index contributed by atoms with van der Waals surface area (Å²) in [7, 11) is 0. The molecule has 2 aromatic rings. The van der Waals surface area contributed by atoms with Crippen molar-refractivity contribution >= 4 is 28.8 Å². The lowest BCUT2D eigenvalue weighted by Gasteiger charge is -2.17. The summed E-state index contributed by atoms with van der Waals surface area (Å²) >= 11 is 1.59. The van der Waals surface area contributed by atoms with Crippen LogP contribution in [0.25, 0.3) is 11.0 Å². The predicted molar refractivity (Wildman–Crippen MR) is 72.7 cm³/mol. The van der Waals surface area contributed by atoms with Crippen LogP contribution in [0.5, 0.6) is 0 Å². The summed E-state index contributed by atoms with van der Waals surface area (Å²) < 4.78 is 40.7. The molecule has 1 atom stereocenters. The highest BCUT2D eigenvalue weighted by Gasteiger charge is 2.40. The van der Waals surface area contributed by atoms with Crippen molar-refractivity contribution in [2.24, 2.45) is 0 Å². The molecule has 2 heterocycles. The van der Waals surface area contributed by atoms with Gasteiger partial charge >= 0.3 is 12.1 Å². The number of imidazole rings is 1. The van der Waals surface area contributed by atoms with E-state index in [0.717, 1.165) is 10.3 Å². The number of carboxylic acid groups (broad SMARTS) is 1. The number of nitrogens with zero attached hydrogens (tertiary/aromatic N) is 2. The number of aromatic nitrogens is 2. The number of benzene rings is 1. The normalized spacial score (nSPS) is 19.3. The van der Waals surface area contributed by atoms with E-state index in [2.05, 4.69) is 4.98 Å². The zero-order valence-corrected chi connectivity index (χ0v) is 11.5. The number of thioether (sulfide) groups is 1. The molecule has 112 valence electrons. The van der Waals surface area contributed by atoms with E-state index in [4.69, 9.17) is 5.11 Å². The number of rotatable bonds is 2. The van der Waals surface area contributed by atoms with Gasteiger partial charge in [0, 0.05) is 11.8 Å². The van der Waals surface area contributed by atoms with E-state index in [1.54, 1.807) is 11.8 Å². The minimum Gasteiger partial charge on any atom is -0.478 e. The number of fused-ring (bicyclic) bond motifs is 1. The quantitative estimate of drug-likeness (QED) is 0.922. The molecule has 4 nitrogen and oxygen atoms in total. The first-order chi connectivity index (χ1) is 9.88. The van der Waals surface area contributed by atoms with Crippen LogP contribution in [0.2, 0.25) is 0 Å². The van der Waals surface area contributed by atoms with E-state index < -0.39 is 18.0 Å². The van der Waals surface area contributed by atoms with Gasteiger partial charge in [0.25, 0.3) is 0 Å². The molecular formula is C13H11F3N2O2S. The summed E-state index contributed by atoms with van der Waals surface area (Å²) in [5, 5.41) is 9.01. The van der Waals surface area contributed by atoms with Gasteiger partial charge in [-0.25, -0.2) is 9.78 Å². The predicted octanol–water partition coefficient (Wildman–Crippen LogP) is 3.43. The van der Waals surface area contributed by atoms with Crippen LogP contribution in [0.3, 0.4) is 0 Å². The molecule has 1 unspecified atom stereocenters. The minimum absolute atomic E-state index is 0.0389. The summed E-state index contributed by atoms with van der Waals surface area (Å²) in [5.41, 5.74) is 0.363. The van der Waals surface area contributed by atoms with Crippen molar-refractivity contribution in [2.45, 2.75) is 18.6 Å². The highest BCUT2D eigenvalue weighted by atomic mass is 32.2. The zero-order chi connectivity index (χ0) is 15.2. The maximum atomic E-state index is 13.2. The Morgan fingerprint density at radius 3 is 2.76 bits per heavy atom. The Kier molecular flexibility index (Phi) is 3.35. The Hall–Kier alpha value is -1.70. The van der Waals surface area contributed by atoms with Crippen LogP contribution in [-0.4, -0.2) is 32.1 Å². The molecule has 1 fully saturated rings. The third-order valence-electron chi connectivity index (χ3n) is 3.46. The van der Waals surface area contributed by atoms with Gasteiger partial charge in [-0.05, 0) is 30.4 Å². The van der Waals surface area contributed by atoms with E-state index in [1.807, 2.05) is 0 Å². The lowest BCUT2D eigenvalue weighted by molar-refractivity contribution is -0.147. The van der Waals surface area contributed by atoms with Gasteiger partial charge in [-0.15, -0.1) is 0 Å². The van der Waals surface area contributed by atoms with Gasteiger partial charge in [0.15, 0.2) is 0 Å². The largest absolute Gasteiger partial charge is 0.478 e. The Morgan fingerprint density at radius 2 is 2.19 bits per heavy atom. The fourth-order valence-corrected chi connectivity index (χ4v) is 3.71. The molecule has 1 aromatic heterocycles.